The SMILES string of the molecule is CCOC(=O)[C@H]1C(=O)Cc2ccccc21. The number of rotatable bonds is 2. The smallest absolute Gasteiger partial charge is 0.321 e. The molecule has 15 heavy (non-hydrogen) atoms. The van der Waals surface area contributed by atoms with E-state index < -0.39 is 11.9 Å². The van der Waals surface area contributed by atoms with Gasteiger partial charge in [0.25, 0.3) is 0 Å². The number of carbonyl (C=O) groups excluding carboxylic acids is 2. The van der Waals surface area contributed by atoms with Crippen LogP contribution in [-0.2, 0) is 20.7 Å². The van der Waals surface area contributed by atoms with E-state index in [1.54, 1.807) is 6.92 Å². The van der Waals surface area contributed by atoms with Gasteiger partial charge in [0, 0.05) is 6.42 Å². The second-order valence-electron chi connectivity index (χ2n) is 3.53. The molecule has 0 heterocycles. The first kappa shape index (κ1) is 9.90. The van der Waals surface area contributed by atoms with Gasteiger partial charge in [0.1, 0.15) is 5.92 Å². The van der Waals surface area contributed by atoms with Crippen LogP contribution in [0.1, 0.15) is 24.0 Å². The highest BCUT2D eigenvalue weighted by Gasteiger charge is 2.36. The Hall–Kier alpha value is -1.64. The summed E-state index contributed by atoms with van der Waals surface area (Å²) in [5.74, 6) is -1.18. The summed E-state index contributed by atoms with van der Waals surface area (Å²) >= 11 is 0. The minimum atomic E-state index is -0.693. The topological polar surface area (TPSA) is 43.4 Å². The summed E-state index contributed by atoms with van der Waals surface area (Å²) in [5, 5.41) is 0. The van der Waals surface area contributed by atoms with Gasteiger partial charge in [-0.25, -0.2) is 0 Å². The van der Waals surface area contributed by atoms with Gasteiger partial charge in [-0.15, -0.1) is 0 Å². The first-order chi connectivity index (χ1) is 7.24. The lowest BCUT2D eigenvalue weighted by molar-refractivity contribution is -0.147. The van der Waals surface area contributed by atoms with E-state index >= 15 is 0 Å². The van der Waals surface area contributed by atoms with Gasteiger partial charge < -0.3 is 4.74 Å². The normalized spacial score (nSPS) is 18.7. The van der Waals surface area contributed by atoms with Crippen LogP contribution in [0.2, 0.25) is 0 Å². The maximum absolute atomic E-state index is 11.6. The van der Waals surface area contributed by atoms with Gasteiger partial charge >= 0.3 is 5.97 Å². The van der Waals surface area contributed by atoms with Crippen LogP contribution in [0.25, 0.3) is 0 Å². The first-order valence-electron chi connectivity index (χ1n) is 5.01. The summed E-state index contributed by atoms with van der Waals surface area (Å²) in [6.45, 7) is 2.05. The van der Waals surface area contributed by atoms with Crippen molar-refractivity contribution >= 4 is 11.8 Å². The summed E-state index contributed by atoms with van der Waals surface area (Å²) < 4.78 is 4.89. The molecule has 0 amide bonds. The van der Waals surface area contributed by atoms with Gasteiger partial charge in [-0.2, -0.15) is 0 Å². The lowest BCUT2D eigenvalue weighted by Crippen LogP contribution is -2.20. The van der Waals surface area contributed by atoms with Crippen molar-refractivity contribution in [1.29, 1.82) is 0 Å². The second kappa shape index (κ2) is 3.85. The molecule has 0 aliphatic heterocycles. The van der Waals surface area contributed by atoms with Gasteiger partial charge in [-0.1, -0.05) is 24.3 Å². The summed E-state index contributed by atoms with van der Waals surface area (Å²) in [4.78, 5) is 23.2. The molecule has 0 aromatic heterocycles. The molecule has 0 radical (unpaired) electrons. The second-order valence-corrected chi connectivity index (χ2v) is 3.53. The van der Waals surface area contributed by atoms with Crippen LogP contribution in [0.5, 0.6) is 0 Å². The van der Waals surface area contributed by atoms with E-state index in [9.17, 15) is 9.59 Å². The molecule has 1 aliphatic rings. The van der Waals surface area contributed by atoms with Crippen LogP contribution in [-0.4, -0.2) is 18.4 Å². The molecule has 0 spiro atoms. The van der Waals surface area contributed by atoms with Gasteiger partial charge in [0.2, 0.25) is 0 Å². The van der Waals surface area contributed by atoms with Crippen molar-refractivity contribution in [3.05, 3.63) is 35.4 Å². The number of benzene rings is 1. The zero-order chi connectivity index (χ0) is 10.8. The Bertz CT molecular complexity index is 409. The predicted molar refractivity (Wildman–Crippen MR) is 54.5 cm³/mol. The maximum Gasteiger partial charge on any atom is 0.321 e. The van der Waals surface area contributed by atoms with Crippen LogP contribution in [0.3, 0.4) is 0 Å². The quantitative estimate of drug-likeness (QED) is 0.541. The minimum Gasteiger partial charge on any atom is -0.465 e. The Balaban J connectivity index is 2.33. The Labute approximate surface area is 88.1 Å². The van der Waals surface area contributed by atoms with Crippen LogP contribution in [0.4, 0.5) is 0 Å². The van der Waals surface area contributed by atoms with Crippen molar-refractivity contribution in [2.45, 2.75) is 19.3 Å². The third-order valence-corrected chi connectivity index (χ3v) is 2.58. The number of carbonyl (C=O) groups is 2. The third kappa shape index (κ3) is 1.65. The first-order valence-corrected chi connectivity index (χ1v) is 5.01. The predicted octanol–water partition coefficient (Wildman–Crippen LogP) is 1.46. The van der Waals surface area contributed by atoms with Crippen LogP contribution >= 0.6 is 0 Å². The van der Waals surface area contributed by atoms with Crippen LogP contribution < -0.4 is 0 Å². The number of Topliss-reactive ketones (excluding diaryl/α,β-unsaturated/α-hetero) is 1. The summed E-state index contributed by atoms with van der Waals surface area (Å²) in [5.41, 5.74) is 1.75. The molecule has 2 rings (SSSR count). The molecule has 78 valence electrons. The number of hydrogen-bond donors (Lipinski definition) is 0. The monoisotopic (exact) mass is 204 g/mol. The van der Waals surface area contributed by atoms with Crippen LogP contribution in [0, 0.1) is 0 Å². The van der Waals surface area contributed by atoms with E-state index in [0.717, 1.165) is 11.1 Å². The lowest BCUT2D eigenvalue weighted by atomic mass is 10.0. The molecule has 0 fully saturated rings. The molecule has 0 saturated carbocycles. The maximum atomic E-state index is 11.6. The van der Waals surface area contributed by atoms with Crippen molar-refractivity contribution in [2.75, 3.05) is 6.61 Å². The Morgan fingerprint density at radius 2 is 2.20 bits per heavy atom. The molecule has 0 bridgehead atoms. The standard InChI is InChI=1S/C12H12O3/c1-2-15-12(14)11-9-6-4-3-5-8(9)7-10(11)13/h3-6,11H,2,7H2,1H3/t11-/m1/s1. The van der Waals surface area contributed by atoms with Crippen molar-refractivity contribution in [3.8, 4) is 0 Å². The van der Waals surface area contributed by atoms with Gasteiger partial charge in [-0.05, 0) is 18.1 Å². The Morgan fingerprint density at radius 1 is 1.47 bits per heavy atom. The van der Waals surface area contributed by atoms with E-state index in [4.69, 9.17) is 4.74 Å². The summed E-state index contributed by atoms with van der Waals surface area (Å²) in [6.07, 6.45) is 0.347. The molecule has 1 atom stereocenters. The van der Waals surface area contributed by atoms with E-state index in [2.05, 4.69) is 0 Å². The summed E-state index contributed by atoms with van der Waals surface area (Å²) in [6, 6.07) is 7.41. The molecular formula is C12H12O3. The van der Waals surface area contributed by atoms with Crippen molar-refractivity contribution < 1.29 is 14.3 Å². The fourth-order valence-corrected chi connectivity index (χ4v) is 1.92. The number of fused-ring (bicyclic) bond motifs is 1. The molecule has 1 aliphatic carbocycles. The van der Waals surface area contributed by atoms with Crippen molar-refractivity contribution in [1.82, 2.24) is 0 Å². The lowest BCUT2D eigenvalue weighted by Gasteiger charge is -2.08. The molecule has 1 aromatic rings. The Morgan fingerprint density at radius 3 is 2.93 bits per heavy atom. The number of ketones is 1. The zero-order valence-electron chi connectivity index (χ0n) is 8.53. The van der Waals surface area contributed by atoms with Gasteiger partial charge in [0.05, 0.1) is 6.61 Å². The molecule has 0 unspecified atom stereocenters. The minimum absolute atomic E-state index is 0.0605. The van der Waals surface area contributed by atoms with E-state index in [-0.39, 0.29) is 5.78 Å². The van der Waals surface area contributed by atoms with E-state index in [1.807, 2.05) is 24.3 Å². The van der Waals surface area contributed by atoms with Gasteiger partial charge in [-0.3, -0.25) is 9.59 Å². The zero-order valence-corrected chi connectivity index (χ0v) is 8.53. The van der Waals surface area contributed by atoms with Crippen molar-refractivity contribution in [3.63, 3.8) is 0 Å². The number of esters is 1. The molecule has 0 saturated heterocycles. The fourth-order valence-electron chi connectivity index (χ4n) is 1.92. The van der Waals surface area contributed by atoms with E-state index in [1.165, 1.54) is 0 Å². The van der Waals surface area contributed by atoms with Crippen molar-refractivity contribution in [2.24, 2.45) is 0 Å². The highest BCUT2D eigenvalue weighted by atomic mass is 16.5. The molecule has 3 heteroatoms. The Kier molecular flexibility index (Phi) is 2.54. The average molecular weight is 204 g/mol. The summed E-state index contributed by atoms with van der Waals surface area (Å²) in [7, 11) is 0. The highest BCUT2D eigenvalue weighted by molar-refractivity contribution is 6.08. The molecular weight excluding hydrogens is 192 g/mol. The number of ether oxygens (including phenoxy) is 1. The highest BCUT2D eigenvalue weighted by Crippen LogP contribution is 2.30. The number of hydrogen-bond acceptors (Lipinski definition) is 3. The molecule has 0 N–H and O–H groups in total. The fraction of sp³-hybridized carbons (Fsp3) is 0.333. The average Bonchev–Trinajstić information content (AvgIpc) is 2.54. The molecule has 1 aromatic carbocycles. The van der Waals surface area contributed by atoms with Crippen LogP contribution in [0.15, 0.2) is 24.3 Å². The molecule has 3 nitrogen and oxygen atoms in total. The van der Waals surface area contributed by atoms with Gasteiger partial charge in [0.15, 0.2) is 5.78 Å². The third-order valence-electron chi connectivity index (χ3n) is 2.58. The largest absolute Gasteiger partial charge is 0.465 e. The van der Waals surface area contributed by atoms with E-state index in [0.29, 0.717) is 13.0 Å².